The zero-order valence-corrected chi connectivity index (χ0v) is 38.1. The number of aliphatic hydroxyl groups is 1. The highest BCUT2D eigenvalue weighted by molar-refractivity contribution is 7.87. The fourth-order valence-electron chi connectivity index (χ4n) is 5.35. The van der Waals surface area contributed by atoms with Crippen molar-refractivity contribution in [1.29, 1.82) is 0 Å². The van der Waals surface area contributed by atoms with Crippen molar-refractivity contribution >= 4 is 26.0 Å². The van der Waals surface area contributed by atoms with Crippen LogP contribution in [0.25, 0.3) is 0 Å². The Labute approximate surface area is 386 Å². The summed E-state index contributed by atoms with van der Waals surface area (Å²) in [5, 5.41) is 9.45. The Morgan fingerprint density at radius 2 is 0.894 bits per heavy atom. The van der Waals surface area contributed by atoms with Crippen LogP contribution in [0.1, 0.15) is 45.4 Å². The molecule has 5 rings (SSSR count). The van der Waals surface area contributed by atoms with Crippen LogP contribution in [0.15, 0.2) is 181 Å². The number of aliphatic hydroxyl groups excluding tert-OH is 1. The van der Waals surface area contributed by atoms with Crippen molar-refractivity contribution in [3.63, 3.8) is 0 Å². The molecule has 3 atom stereocenters. The second-order valence-corrected chi connectivity index (χ2v) is 17.4. The lowest BCUT2D eigenvalue weighted by Gasteiger charge is -2.18. The second kappa shape index (κ2) is 29.5. The molecule has 1 N–H and O–H groups in total. The van der Waals surface area contributed by atoms with E-state index in [1.54, 1.807) is 54.6 Å². The predicted octanol–water partition coefficient (Wildman–Crippen LogP) is 10.4. The van der Waals surface area contributed by atoms with Gasteiger partial charge in [0.05, 0.1) is 15.9 Å². The number of rotatable bonds is 25. The summed E-state index contributed by atoms with van der Waals surface area (Å²) in [6, 6.07) is 32.4. The van der Waals surface area contributed by atoms with E-state index in [1.807, 2.05) is 0 Å². The third-order valence-electron chi connectivity index (χ3n) is 8.75. The third-order valence-corrected chi connectivity index (χ3v) is 11.5. The summed E-state index contributed by atoms with van der Waals surface area (Å²) in [6.45, 7) is 8.85. The molecule has 0 fully saturated rings. The maximum absolute atomic E-state index is 13.0. The lowest BCUT2D eigenvalue weighted by Crippen LogP contribution is -2.25. The van der Waals surface area contributed by atoms with E-state index in [4.69, 9.17) is 22.6 Å². The minimum Gasteiger partial charge on any atom is -0.491 e. The standard InChI is InChI=1S/C20H21FO5S.C18H19FO4S.C12H15FO2/c1-16(22)7-5-6-8-19(15-25-18-13-11-17(21)12-14-18)26-27(23,24)20-9-3-2-4-10-20;1-2-3-7-17(14-22-16-12-10-15(19)11-13-16)23-24(20,21)18-8-5-4-6-9-18;1-2-3-4-11(14)9-15-12-7-5-10(13)6-8-12/h2-5,7,9-14,19H,6,8,15H2,1H3;2,4-6,8-13,17H,1,3,7,14H2;2,5-8,11,14H,1,3-4,9H2/b7-5+;;/t;;11-/m..1/s1. The third kappa shape index (κ3) is 22.2. The first-order chi connectivity index (χ1) is 31.6. The molecule has 0 heterocycles. The molecule has 354 valence electrons. The Morgan fingerprint density at radius 3 is 1.26 bits per heavy atom. The number of carbonyl (C=O) groups is 1. The molecule has 0 amide bonds. The van der Waals surface area contributed by atoms with E-state index >= 15 is 0 Å². The van der Waals surface area contributed by atoms with Crippen LogP contribution in [0.2, 0.25) is 0 Å². The van der Waals surface area contributed by atoms with Gasteiger partial charge in [0.1, 0.15) is 66.7 Å². The molecule has 0 saturated heterocycles. The van der Waals surface area contributed by atoms with Gasteiger partial charge < -0.3 is 19.3 Å². The van der Waals surface area contributed by atoms with E-state index in [9.17, 15) is 39.9 Å². The van der Waals surface area contributed by atoms with E-state index in [2.05, 4.69) is 13.2 Å². The minimum atomic E-state index is -3.96. The summed E-state index contributed by atoms with van der Waals surface area (Å²) in [4.78, 5) is 11.1. The van der Waals surface area contributed by atoms with Crippen LogP contribution in [0.3, 0.4) is 0 Å². The first-order valence-electron chi connectivity index (χ1n) is 20.8. The van der Waals surface area contributed by atoms with Crippen LogP contribution in [0, 0.1) is 17.5 Å². The van der Waals surface area contributed by atoms with Gasteiger partial charge in [0.15, 0.2) is 5.78 Å². The molecular formula is C50H55F3O11S2. The van der Waals surface area contributed by atoms with Crippen LogP contribution >= 0.6 is 0 Å². The fraction of sp³-hybridized carbons (Fsp3) is 0.260. The van der Waals surface area contributed by atoms with E-state index in [-0.39, 0.29) is 47.0 Å². The molecule has 0 spiro atoms. The molecule has 66 heavy (non-hydrogen) atoms. The predicted molar refractivity (Wildman–Crippen MR) is 247 cm³/mol. The lowest BCUT2D eigenvalue weighted by molar-refractivity contribution is -0.112. The smallest absolute Gasteiger partial charge is 0.297 e. The molecule has 0 aromatic heterocycles. The highest BCUT2D eigenvalue weighted by atomic mass is 32.2. The van der Waals surface area contributed by atoms with Gasteiger partial charge in [-0.05, 0) is 149 Å². The summed E-state index contributed by atoms with van der Waals surface area (Å²) in [5.41, 5.74) is 0. The van der Waals surface area contributed by atoms with Gasteiger partial charge in [0.25, 0.3) is 20.2 Å². The van der Waals surface area contributed by atoms with Crippen molar-refractivity contribution in [2.45, 2.75) is 73.6 Å². The highest BCUT2D eigenvalue weighted by Crippen LogP contribution is 2.21. The van der Waals surface area contributed by atoms with Crippen molar-refractivity contribution in [2.24, 2.45) is 0 Å². The van der Waals surface area contributed by atoms with E-state index in [0.29, 0.717) is 49.4 Å². The molecule has 11 nitrogen and oxygen atoms in total. The van der Waals surface area contributed by atoms with Crippen LogP contribution in [-0.4, -0.2) is 65.9 Å². The summed E-state index contributed by atoms with van der Waals surface area (Å²) >= 11 is 0. The SMILES string of the molecule is C=CCCC(COc1ccc(F)cc1)OS(=O)(=O)c1ccccc1.C=CCC[C@@H](O)COc1ccc(F)cc1.CC(=O)/C=C/CCC(COc1ccc(F)cc1)OS(=O)(=O)c1ccccc1. The van der Waals surface area contributed by atoms with Crippen molar-refractivity contribution in [1.82, 2.24) is 0 Å². The average Bonchev–Trinajstić information content (AvgIpc) is 3.31. The van der Waals surface area contributed by atoms with Crippen LogP contribution in [-0.2, 0) is 33.4 Å². The van der Waals surface area contributed by atoms with Gasteiger partial charge in [-0.3, -0.25) is 13.2 Å². The zero-order chi connectivity index (χ0) is 48.2. The first-order valence-corrected chi connectivity index (χ1v) is 23.6. The normalized spacial score (nSPS) is 12.6. The Morgan fingerprint density at radius 1 is 0.545 bits per heavy atom. The maximum atomic E-state index is 13.0. The van der Waals surface area contributed by atoms with Crippen molar-refractivity contribution in [3.8, 4) is 17.2 Å². The van der Waals surface area contributed by atoms with Crippen molar-refractivity contribution < 1.29 is 62.5 Å². The van der Waals surface area contributed by atoms with E-state index in [0.717, 1.165) is 6.42 Å². The van der Waals surface area contributed by atoms with Gasteiger partial charge in [-0.15, -0.1) is 13.2 Å². The molecule has 0 radical (unpaired) electrons. The Balaban J connectivity index is 0.000000273. The van der Waals surface area contributed by atoms with Gasteiger partial charge in [0.2, 0.25) is 0 Å². The summed E-state index contributed by atoms with van der Waals surface area (Å²) in [7, 11) is -7.83. The summed E-state index contributed by atoms with van der Waals surface area (Å²) in [5.74, 6) is 0.266. The second-order valence-electron chi connectivity index (χ2n) is 14.2. The number of hydrogen-bond donors (Lipinski definition) is 1. The zero-order valence-electron chi connectivity index (χ0n) is 36.5. The Hall–Kier alpha value is -6.04. The van der Waals surface area contributed by atoms with Crippen LogP contribution in [0.4, 0.5) is 13.2 Å². The monoisotopic (exact) mass is 952 g/mol. The van der Waals surface area contributed by atoms with Crippen molar-refractivity contribution in [2.75, 3.05) is 19.8 Å². The number of benzene rings is 5. The molecule has 0 aliphatic heterocycles. The quantitative estimate of drug-likeness (QED) is 0.0338. The molecule has 0 aliphatic rings. The molecule has 0 saturated carbocycles. The molecule has 0 bridgehead atoms. The molecular weight excluding hydrogens is 898 g/mol. The number of allylic oxidation sites excluding steroid dienone is 4. The first kappa shape index (κ1) is 54.3. The van der Waals surface area contributed by atoms with Gasteiger partial charge in [-0.2, -0.15) is 16.8 Å². The Kier molecular flexibility index (Phi) is 24.3. The minimum absolute atomic E-state index is 0.0333. The highest BCUT2D eigenvalue weighted by Gasteiger charge is 2.23. The number of ether oxygens (including phenoxy) is 3. The Bertz CT molecular complexity index is 2420. The topological polar surface area (TPSA) is 152 Å². The molecule has 16 heteroatoms. The molecule has 5 aromatic carbocycles. The summed E-state index contributed by atoms with van der Waals surface area (Å²) in [6.07, 6.45) is 7.76. The summed E-state index contributed by atoms with van der Waals surface area (Å²) < 4.78 is 115. The van der Waals surface area contributed by atoms with Gasteiger partial charge in [0, 0.05) is 0 Å². The molecule has 2 unspecified atom stereocenters. The fourth-order valence-corrected chi connectivity index (χ4v) is 7.58. The van der Waals surface area contributed by atoms with Gasteiger partial charge >= 0.3 is 0 Å². The van der Waals surface area contributed by atoms with E-state index in [1.165, 1.54) is 110 Å². The van der Waals surface area contributed by atoms with E-state index < -0.39 is 44.4 Å². The molecule has 5 aromatic rings. The van der Waals surface area contributed by atoms with Crippen molar-refractivity contribution in [3.05, 3.63) is 188 Å². The number of halogens is 3. The number of ketones is 1. The lowest BCUT2D eigenvalue weighted by atomic mass is 10.2. The molecule has 0 aliphatic carbocycles. The average molecular weight is 953 g/mol. The van der Waals surface area contributed by atoms with Crippen LogP contribution < -0.4 is 14.2 Å². The van der Waals surface area contributed by atoms with Gasteiger partial charge in [-0.1, -0.05) is 54.6 Å². The number of hydrogen-bond acceptors (Lipinski definition) is 11. The largest absolute Gasteiger partial charge is 0.491 e. The number of carbonyl (C=O) groups excluding carboxylic acids is 1. The maximum Gasteiger partial charge on any atom is 0.297 e. The van der Waals surface area contributed by atoms with Gasteiger partial charge in [-0.25, -0.2) is 13.2 Å². The van der Waals surface area contributed by atoms with Crippen LogP contribution in [0.5, 0.6) is 17.2 Å².